The van der Waals surface area contributed by atoms with Crippen LogP contribution in [0.15, 0.2) is 12.4 Å². The van der Waals surface area contributed by atoms with E-state index in [2.05, 4.69) is 20.9 Å². The summed E-state index contributed by atoms with van der Waals surface area (Å²) in [5.74, 6) is 0.692. The minimum Gasteiger partial charge on any atom is -0.384 e. The zero-order valence-electron chi connectivity index (χ0n) is 5.66. The van der Waals surface area contributed by atoms with Crippen LogP contribution in [0.2, 0.25) is 0 Å². The molecule has 0 aromatic carbocycles. The third kappa shape index (κ3) is 1.38. The van der Waals surface area contributed by atoms with Gasteiger partial charge >= 0.3 is 0 Å². The average Bonchev–Trinajstić information content (AvgIpc) is 2.34. The highest BCUT2D eigenvalue weighted by atomic mass is 79.9. The van der Waals surface area contributed by atoms with Gasteiger partial charge in [0.15, 0.2) is 0 Å². The van der Waals surface area contributed by atoms with Crippen molar-refractivity contribution in [3.05, 3.63) is 18.2 Å². The summed E-state index contributed by atoms with van der Waals surface area (Å²) in [6.45, 7) is 0. The molecule has 1 aromatic heterocycles. The van der Waals surface area contributed by atoms with E-state index in [0.717, 1.165) is 0 Å². The normalized spacial score (nSPS) is 13.5. The lowest BCUT2D eigenvalue weighted by atomic mass is 10.4. The number of halogens is 1. The van der Waals surface area contributed by atoms with Crippen LogP contribution in [0.3, 0.4) is 0 Å². The highest BCUT2D eigenvalue weighted by Gasteiger charge is 2.08. The van der Waals surface area contributed by atoms with Crippen molar-refractivity contribution in [1.82, 2.24) is 9.55 Å². The fourth-order valence-corrected chi connectivity index (χ4v) is 1.06. The third-order valence-corrected chi connectivity index (χ3v) is 1.92. The molecule has 1 unspecified atom stereocenters. The van der Waals surface area contributed by atoms with Crippen molar-refractivity contribution in [2.45, 2.75) is 6.10 Å². The van der Waals surface area contributed by atoms with Gasteiger partial charge < -0.3 is 9.67 Å². The molecule has 0 fully saturated rings. The van der Waals surface area contributed by atoms with E-state index in [0.29, 0.717) is 11.2 Å². The smallest absolute Gasteiger partial charge is 0.138 e. The molecule has 0 amide bonds. The van der Waals surface area contributed by atoms with E-state index in [-0.39, 0.29) is 0 Å². The first kappa shape index (κ1) is 7.75. The highest BCUT2D eigenvalue weighted by molar-refractivity contribution is 9.09. The standard InChI is InChI=1S/C6H9BrN2O/c1-9-3-2-8-6(9)5(10)4-7/h2-3,5,10H,4H2,1H3. The van der Waals surface area contributed by atoms with Gasteiger partial charge in [-0.25, -0.2) is 4.98 Å². The number of rotatable bonds is 2. The van der Waals surface area contributed by atoms with Gasteiger partial charge in [0.05, 0.1) is 0 Å². The van der Waals surface area contributed by atoms with Crippen LogP contribution >= 0.6 is 15.9 Å². The van der Waals surface area contributed by atoms with Crippen LogP contribution in [-0.4, -0.2) is 20.0 Å². The fourth-order valence-electron chi connectivity index (χ4n) is 0.767. The molecule has 0 spiro atoms. The molecule has 0 radical (unpaired) electrons. The van der Waals surface area contributed by atoms with Crippen molar-refractivity contribution >= 4 is 15.9 Å². The number of alkyl halides is 1. The van der Waals surface area contributed by atoms with Crippen molar-refractivity contribution < 1.29 is 5.11 Å². The Morgan fingerprint density at radius 2 is 2.60 bits per heavy atom. The number of aryl methyl sites for hydroxylation is 1. The Morgan fingerprint density at radius 3 is 3.00 bits per heavy atom. The molecule has 1 N–H and O–H groups in total. The lowest BCUT2D eigenvalue weighted by Crippen LogP contribution is -2.05. The summed E-state index contributed by atoms with van der Waals surface area (Å²) in [5.41, 5.74) is 0. The van der Waals surface area contributed by atoms with Gasteiger partial charge in [-0.05, 0) is 0 Å². The van der Waals surface area contributed by atoms with Gasteiger partial charge in [-0.15, -0.1) is 0 Å². The second-order valence-electron chi connectivity index (χ2n) is 2.07. The SMILES string of the molecule is Cn1ccnc1C(O)CBr. The minimum absolute atomic E-state index is 0.500. The molecule has 0 saturated carbocycles. The van der Waals surface area contributed by atoms with Crippen molar-refractivity contribution in [1.29, 1.82) is 0 Å². The molecule has 3 nitrogen and oxygen atoms in total. The van der Waals surface area contributed by atoms with Gasteiger partial charge in [0.1, 0.15) is 11.9 Å². The number of hydrogen-bond donors (Lipinski definition) is 1. The molecule has 10 heavy (non-hydrogen) atoms. The zero-order valence-corrected chi connectivity index (χ0v) is 7.24. The summed E-state index contributed by atoms with van der Waals surface area (Å²) in [7, 11) is 1.86. The summed E-state index contributed by atoms with van der Waals surface area (Å²) in [6, 6.07) is 0. The van der Waals surface area contributed by atoms with Crippen molar-refractivity contribution in [3.63, 3.8) is 0 Å². The Bertz CT molecular complexity index is 211. The Morgan fingerprint density at radius 1 is 1.90 bits per heavy atom. The van der Waals surface area contributed by atoms with Crippen molar-refractivity contribution in [2.75, 3.05) is 5.33 Å². The van der Waals surface area contributed by atoms with Crippen LogP contribution in [0.4, 0.5) is 0 Å². The highest BCUT2D eigenvalue weighted by Crippen LogP contribution is 2.10. The first-order chi connectivity index (χ1) is 4.75. The first-order valence-corrected chi connectivity index (χ1v) is 4.09. The summed E-state index contributed by atoms with van der Waals surface area (Å²) in [5, 5.41) is 9.79. The number of nitrogens with zero attached hydrogens (tertiary/aromatic N) is 2. The van der Waals surface area contributed by atoms with E-state index in [1.54, 1.807) is 17.0 Å². The monoisotopic (exact) mass is 204 g/mol. The summed E-state index contributed by atoms with van der Waals surface area (Å²) in [4.78, 5) is 3.97. The molecular formula is C6H9BrN2O. The maximum atomic E-state index is 9.27. The maximum absolute atomic E-state index is 9.27. The van der Waals surface area contributed by atoms with Gasteiger partial charge in [-0.3, -0.25) is 0 Å². The van der Waals surface area contributed by atoms with Crippen LogP contribution < -0.4 is 0 Å². The second-order valence-corrected chi connectivity index (χ2v) is 2.71. The van der Waals surface area contributed by atoms with E-state index in [4.69, 9.17) is 0 Å². The lowest BCUT2D eigenvalue weighted by molar-refractivity contribution is 0.191. The van der Waals surface area contributed by atoms with Gasteiger partial charge in [-0.2, -0.15) is 0 Å². The topological polar surface area (TPSA) is 38.0 Å². The number of hydrogen-bond acceptors (Lipinski definition) is 2. The van der Waals surface area contributed by atoms with Gasteiger partial charge in [-0.1, -0.05) is 15.9 Å². The molecule has 1 aromatic rings. The lowest BCUT2D eigenvalue weighted by Gasteiger charge is -2.05. The molecule has 0 bridgehead atoms. The van der Waals surface area contributed by atoms with Crippen LogP contribution in [0.1, 0.15) is 11.9 Å². The Labute approximate surface area is 67.8 Å². The molecule has 0 saturated heterocycles. The zero-order chi connectivity index (χ0) is 7.56. The van der Waals surface area contributed by atoms with Gasteiger partial charge in [0.2, 0.25) is 0 Å². The molecular weight excluding hydrogens is 196 g/mol. The van der Waals surface area contributed by atoms with Crippen LogP contribution in [0.5, 0.6) is 0 Å². The van der Waals surface area contributed by atoms with Crippen LogP contribution in [0, 0.1) is 0 Å². The van der Waals surface area contributed by atoms with E-state index >= 15 is 0 Å². The number of aliphatic hydroxyl groups excluding tert-OH is 1. The number of imidazole rings is 1. The molecule has 0 aliphatic rings. The molecule has 1 rings (SSSR count). The first-order valence-electron chi connectivity index (χ1n) is 2.97. The van der Waals surface area contributed by atoms with E-state index in [1.807, 2.05) is 7.05 Å². The fraction of sp³-hybridized carbons (Fsp3) is 0.500. The second kappa shape index (κ2) is 3.16. The average molecular weight is 205 g/mol. The Balaban J connectivity index is 2.82. The summed E-state index contributed by atoms with van der Waals surface area (Å²) < 4.78 is 1.80. The van der Waals surface area contributed by atoms with Crippen molar-refractivity contribution in [3.8, 4) is 0 Å². The molecule has 0 aliphatic heterocycles. The van der Waals surface area contributed by atoms with Gasteiger partial charge in [0, 0.05) is 24.8 Å². The summed E-state index contributed by atoms with van der Waals surface area (Å²) in [6.07, 6.45) is 2.97. The van der Waals surface area contributed by atoms with E-state index in [9.17, 15) is 5.11 Å². The molecule has 4 heteroatoms. The van der Waals surface area contributed by atoms with Crippen molar-refractivity contribution in [2.24, 2.45) is 7.05 Å². The van der Waals surface area contributed by atoms with Crippen LogP contribution in [-0.2, 0) is 7.05 Å². The number of aliphatic hydroxyl groups is 1. The quantitative estimate of drug-likeness (QED) is 0.726. The molecule has 56 valence electrons. The third-order valence-electron chi connectivity index (χ3n) is 1.30. The predicted octanol–water partition coefficient (Wildman–Crippen LogP) is 0.848. The minimum atomic E-state index is -0.500. The molecule has 1 atom stereocenters. The van der Waals surface area contributed by atoms with E-state index in [1.165, 1.54) is 0 Å². The summed E-state index contributed by atoms with van der Waals surface area (Å²) >= 11 is 3.17. The maximum Gasteiger partial charge on any atom is 0.138 e. The molecule has 1 heterocycles. The van der Waals surface area contributed by atoms with Gasteiger partial charge in [0.25, 0.3) is 0 Å². The largest absolute Gasteiger partial charge is 0.384 e. The number of aromatic nitrogens is 2. The Kier molecular flexibility index (Phi) is 2.45. The van der Waals surface area contributed by atoms with Crippen LogP contribution in [0.25, 0.3) is 0 Å². The predicted molar refractivity (Wildman–Crippen MR) is 42.0 cm³/mol. The van der Waals surface area contributed by atoms with E-state index < -0.39 is 6.10 Å². The Hall–Kier alpha value is -0.350. The molecule has 0 aliphatic carbocycles.